The van der Waals surface area contributed by atoms with E-state index in [1.807, 2.05) is 0 Å². The first kappa shape index (κ1) is 24.1. The maximum Gasteiger partial charge on any atom is 0.433 e. The molecule has 12 heteroatoms. The van der Waals surface area contributed by atoms with Crippen molar-refractivity contribution in [3.8, 4) is 0 Å². The van der Waals surface area contributed by atoms with Crippen LogP contribution >= 0.6 is 11.6 Å². The molecule has 0 radical (unpaired) electrons. The van der Waals surface area contributed by atoms with Crippen LogP contribution in [0.1, 0.15) is 54.0 Å². The van der Waals surface area contributed by atoms with Crippen molar-refractivity contribution >= 4 is 34.1 Å². The first-order valence-electron chi connectivity index (χ1n) is 10.4. The van der Waals surface area contributed by atoms with Gasteiger partial charge in [-0.15, -0.1) is 0 Å². The highest BCUT2D eigenvalue weighted by Crippen LogP contribution is 2.35. The molecular formula is C22H19ClF5N5O. The number of rotatable bonds is 5. The summed E-state index contributed by atoms with van der Waals surface area (Å²) in [7, 11) is 0. The van der Waals surface area contributed by atoms with Gasteiger partial charge in [0.25, 0.3) is 12.3 Å². The minimum atomic E-state index is -4.59. The number of halogens is 6. The lowest BCUT2D eigenvalue weighted by molar-refractivity contribution is -0.140. The van der Waals surface area contributed by atoms with Crippen LogP contribution in [-0.2, 0) is 6.18 Å². The summed E-state index contributed by atoms with van der Waals surface area (Å²) in [6, 6.07) is 5.18. The van der Waals surface area contributed by atoms with Gasteiger partial charge in [0.15, 0.2) is 0 Å². The van der Waals surface area contributed by atoms with Crippen molar-refractivity contribution in [1.82, 2.24) is 20.3 Å². The fourth-order valence-corrected chi connectivity index (χ4v) is 4.06. The first-order chi connectivity index (χ1) is 16.1. The fraction of sp³-hybridized carbons (Fsp3) is 0.364. The molecule has 0 aliphatic heterocycles. The molecule has 3 aromatic rings. The largest absolute Gasteiger partial charge is 0.433 e. The monoisotopic (exact) mass is 499 g/mol. The van der Waals surface area contributed by atoms with Gasteiger partial charge in [0, 0.05) is 28.2 Å². The quantitative estimate of drug-likeness (QED) is 0.434. The second kappa shape index (κ2) is 9.65. The molecule has 1 aliphatic rings. The molecule has 1 amide bonds. The summed E-state index contributed by atoms with van der Waals surface area (Å²) in [5.41, 5.74) is -1.10. The van der Waals surface area contributed by atoms with E-state index < -0.39 is 29.9 Å². The van der Waals surface area contributed by atoms with Gasteiger partial charge in [-0.1, -0.05) is 11.6 Å². The molecule has 6 nitrogen and oxygen atoms in total. The van der Waals surface area contributed by atoms with Crippen molar-refractivity contribution in [2.24, 2.45) is 0 Å². The molecule has 2 aromatic heterocycles. The molecule has 0 unspecified atom stereocenters. The average molecular weight is 500 g/mol. The zero-order chi connectivity index (χ0) is 24.5. The van der Waals surface area contributed by atoms with Gasteiger partial charge in [0.2, 0.25) is 0 Å². The van der Waals surface area contributed by atoms with Crippen molar-refractivity contribution in [1.29, 1.82) is 0 Å². The van der Waals surface area contributed by atoms with Crippen LogP contribution in [0.3, 0.4) is 0 Å². The van der Waals surface area contributed by atoms with Crippen molar-refractivity contribution in [3.05, 3.63) is 58.8 Å². The minimum absolute atomic E-state index is 0.0653. The number of nitrogens with one attached hydrogen (secondary N) is 2. The van der Waals surface area contributed by atoms with Gasteiger partial charge in [-0.05, 0) is 49.9 Å². The van der Waals surface area contributed by atoms with Crippen molar-refractivity contribution in [3.63, 3.8) is 0 Å². The van der Waals surface area contributed by atoms with Crippen LogP contribution in [0.5, 0.6) is 0 Å². The second-order valence-electron chi connectivity index (χ2n) is 8.01. The first-order valence-corrected chi connectivity index (χ1v) is 10.8. The summed E-state index contributed by atoms with van der Waals surface area (Å²) >= 11 is 6.04. The number of alkyl halides is 5. The molecule has 1 fully saturated rings. The number of fused-ring (bicyclic) bond motifs is 1. The van der Waals surface area contributed by atoms with Crippen LogP contribution < -0.4 is 10.6 Å². The topological polar surface area (TPSA) is 79.8 Å². The number of nitrogens with zero attached hydrogens (tertiary/aromatic N) is 3. The number of anilines is 1. The zero-order valence-electron chi connectivity index (χ0n) is 17.5. The smallest absolute Gasteiger partial charge is 0.382 e. The van der Waals surface area contributed by atoms with Crippen LogP contribution in [0.4, 0.5) is 27.6 Å². The van der Waals surface area contributed by atoms with E-state index in [2.05, 4.69) is 25.6 Å². The molecule has 1 aliphatic carbocycles. The Morgan fingerprint density at radius 1 is 1.03 bits per heavy atom. The Morgan fingerprint density at radius 3 is 2.35 bits per heavy atom. The van der Waals surface area contributed by atoms with E-state index in [4.69, 9.17) is 11.6 Å². The summed E-state index contributed by atoms with van der Waals surface area (Å²) in [6.07, 6.45) is -3.18. The Balaban J connectivity index is 1.41. The van der Waals surface area contributed by atoms with Crippen LogP contribution in [0.25, 0.3) is 10.9 Å². The third kappa shape index (κ3) is 5.52. The van der Waals surface area contributed by atoms with Crippen molar-refractivity contribution in [2.45, 2.75) is 50.4 Å². The summed E-state index contributed by atoms with van der Waals surface area (Å²) < 4.78 is 65.1. The zero-order valence-corrected chi connectivity index (χ0v) is 18.3. The normalized spacial score (nSPS) is 18.8. The predicted molar refractivity (Wildman–Crippen MR) is 116 cm³/mol. The van der Waals surface area contributed by atoms with Crippen molar-refractivity contribution in [2.75, 3.05) is 5.32 Å². The van der Waals surface area contributed by atoms with Gasteiger partial charge in [-0.25, -0.2) is 18.7 Å². The van der Waals surface area contributed by atoms with Gasteiger partial charge in [-0.2, -0.15) is 13.2 Å². The maximum atomic E-state index is 13.3. The standard InChI is InChI=1S/C22H19ClF5N5O/c23-11-1-6-15-14(7-11)16(8-19(33-15)22(26,27)28)31-12-2-4-13(5-3-12)32-21(34)18-10-29-17(9-30-18)20(24)25/h1,6-10,12-13,20H,2-5H2,(H,31,33)(H,32,34). The second-order valence-corrected chi connectivity index (χ2v) is 8.44. The van der Waals surface area contributed by atoms with E-state index in [1.165, 1.54) is 12.1 Å². The van der Waals surface area contributed by atoms with Crippen LogP contribution in [0.15, 0.2) is 36.7 Å². The summed E-state index contributed by atoms with van der Waals surface area (Å²) in [5.74, 6) is -0.519. The van der Waals surface area contributed by atoms with Crippen LogP contribution in [0.2, 0.25) is 5.02 Å². The number of amides is 1. The van der Waals surface area contributed by atoms with E-state index in [0.29, 0.717) is 41.8 Å². The number of hydrogen-bond acceptors (Lipinski definition) is 5. The lowest BCUT2D eigenvalue weighted by atomic mass is 9.90. The van der Waals surface area contributed by atoms with E-state index in [0.717, 1.165) is 18.5 Å². The van der Waals surface area contributed by atoms with Gasteiger partial charge in [-0.3, -0.25) is 9.78 Å². The molecule has 0 atom stereocenters. The van der Waals surface area contributed by atoms with Gasteiger partial charge < -0.3 is 10.6 Å². The Kier molecular flexibility index (Phi) is 6.83. The highest BCUT2D eigenvalue weighted by molar-refractivity contribution is 6.31. The van der Waals surface area contributed by atoms with Crippen LogP contribution in [-0.4, -0.2) is 32.9 Å². The molecule has 1 aromatic carbocycles. The molecule has 0 bridgehead atoms. The molecule has 1 saturated carbocycles. The molecular weight excluding hydrogens is 481 g/mol. The van der Waals surface area contributed by atoms with Gasteiger partial charge >= 0.3 is 6.18 Å². The summed E-state index contributed by atoms with van der Waals surface area (Å²) in [4.78, 5) is 23.3. The molecule has 2 heterocycles. The number of carbonyl (C=O) groups excluding carboxylic acids is 1. The Labute approximate surface area is 195 Å². The fourth-order valence-electron chi connectivity index (χ4n) is 3.89. The third-order valence-corrected chi connectivity index (χ3v) is 5.85. The SMILES string of the molecule is O=C(NC1CCC(Nc2cc(C(F)(F)F)nc3ccc(Cl)cc23)CC1)c1cnc(C(F)F)cn1. The molecule has 34 heavy (non-hydrogen) atoms. The summed E-state index contributed by atoms with van der Waals surface area (Å²) in [6.45, 7) is 0. The number of benzene rings is 1. The average Bonchev–Trinajstić information content (AvgIpc) is 2.80. The lowest BCUT2D eigenvalue weighted by Crippen LogP contribution is -2.40. The van der Waals surface area contributed by atoms with Gasteiger partial charge in [0.1, 0.15) is 17.1 Å². The van der Waals surface area contributed by atoms with Gasteiger partial charge in [0.05, 0.1) is 17.9 Å². The maximum absolute atomic E-state index is 13.3. The molecule has 0 saturated heterocycles. The van der Waals surface area contributed by atoms with E-state index in [-0.39, 0.29) is 23.3 Å². The summed E-state index contributed by atoms with van der Waals surface area (Å²) in [5, 5.41) is 6.85. The Bertz CT molecular complexity index is 1180. The number of hydrogen-bond donors (Lipinski definition) is 2. The van der Waals surface area contributed by atoms with E-state index in [9.17, 15) is 26.7 Å². The number of aromatic nitrogens is 3. The highest BCUT2D eigenvalue weighted by atomic mass is 35.5. The Morgan fingerprint density at radius 2 is 1.74 bits per heavy atom. The van der Waals surface area contributed by atoms with Crippen LogP contribution in [0, 0.1) is 0 Å². The van der Waals surface area contributed by atoms with E-state index in [1.54, 1.807) is 6.07 Å². The lowest BCUT2D eigenvalue weighted by Gasteiger charge is -2.30. The number of pyridine rings is 1. The Hall–Kier alpha value is -3.08. The minimum Gasteiger partial charge on any atom is -0.382 e. The molecule has 180 valence electrons. The third-order valence-electron chi connectivity index (χ3n) is 5.61. The molecule has 2 N–H and O–H groups in total. The predicted octanol–water partition coefficient (Wildman–Crippen LogP) is 5.79. The highest BCUT2D eigenvalue weighted by Gasteiger charge is 2.34. The molecule has 4 rings (SSSR count). The number of carbonyl (C=O) groups is 1. The molecule has 0 spiro atoms. The van der Waals surface area contributed by atoms with Crippen molar-refractivity contribution < 1.29 is 26.7 Å². The van der Waals surface area contributed by atoms with E-state index >= 15 is 0 Å².